The maximum absolute atomic E-state index is 10.4. The molecule has 116 valence electrons. The first-order valence-corrected chi connectivity index (χ1v) is 7.78. The Bertz CT molecular complexity index is 523. The van der Waals surface area contributed by atoms with Crippen molar-refractivity contribution in [3.05, 3.63) is 17.7 Å². The van der Waals surface area contributed by atoms with E-state index in [1.807, 2.05) is 12.1 Å². The maximum atomic E-state index is 10.4. The zero-order valence-electron chi connectivity index (χ0n) is 12.5. The summed E-state index contributed by atoms with van der Waals surface area (Å²) in [5, 5.41) is 10.4. The van der Waals surface area contributed by atoms with Gasteiger partial charge >= 0.3 is 0 Å². The van der Waals surface area contributed by atoms with Gasteiger partial charge in [-0.1, -0.05) is 24.0 Å². The van der Waals surface area contributed by atoms with E-state index in [1.165, 1.54) is 11.8 Å². The molecule has 1 aromatic carbocycles. The van der Waals surface area contributed by atoms with Crippen molar-refractivity contribution in [2.75, 3.05) is 27.1 Å². The highest BCUT2D eigenvalue weighted by molar-refractivity contribution is 8.23. The van der Waals surface area contributed by atoms with E-state index < -0.39 is 5.72 Å². The Morgan fingerprint density at radius 2 is 1.81 bits per heavy atom. The third-order valence-electron chi connectivity index (χ3n) is 3.34. The molecule has 1 saturated heterocycles. The van der Waals surface area contributed by atoms with E-state index in [-0.39, 0.29) is 0 Å². The Balaban J connectivity index is 2.34. The molecule has 0 aromatic heterocycles. The number of thioether (sulfide) groups is 1. The van der Waals surface area contributed by atoms with Crippen molar-refractivity contribution in [3.63, 3.8) is 0 Å². The monoisotopic (exact) mass is 329 g/mol. The predicted molar refractivity (Wildman–Crippen MR) is 87.3 cm³/mol. The molecule has 7 heteroatoms. The lowest BCUT2D eigenvalue weighted by Crippen LogP contribution is -2.43. The van der Waals surface area contributed by atoms with Gasteiger partial charge in [-0.2, -0.15) is 0 Å². The standard InChI is InChI=1S/C14H19NO4S2/c1-14(16)8-21-13(20)15(14)7-9-5-10(17-2)12(19-4)11(6-9)18-3/h5-6,16H,7-8H2,1-4H3. The summed E-state index contributed by atoms with van der Waals surface area (Å²) in [5.41, 5.74) is -0.0167. The molecule has 2 rings (SSSR count). The summed E-state index contributed by atoms with van der Waals surface area (Å²) in [6.45, 7) is 2.24. The summed E-state index contributed by atoms with van der Waals surface area (Å²) in [5.74, 6) is 2.29. The number of nitrogens with zero attached hydrogens (tertiary/aromatic N) is 1. The number of benzene rings is 1. The van der Waals surface area contributed by atoms with Gasteiger partial charge in [0.15, 0.2) is 11.5 Å². The number of rotatable bonds is 5. The first kappa shape index (κ1) is 16.2. The molecule has 21 heavy (non-hydrogen) atoms. The van der Waals surface area contributed by atoms with Gasteiger partial charge in [-0.05, 0) is 24.6 Å². The molecule has 1 fully saturated rings. The highest BCUT2D eigenvalue weighted by Crippen LogP contribution is 2.40. The lowest BCUT2D eigenvalue weighted by atomic mass is 10.1. The lowest BCUT2D eigenvalue weighted by Gasteiger charge is -2.30. The average molecular weight is 329 g/mol. The summed E-state index contributed by atoms with van der Waals surface area (Å²) in [6, 6.07) is 3.73. The number of methoxy groups -OCH3 is 3. The number of ether oxygens (including phenoxy) is 3. The zero-order valence-corrected chi connectivity index (χ0v) is 14.1. The molecule has 1 heterocycles. The van der Waals surface area contributed by atoms with Crippen molar-refractivity contribution >= 4 is 28.3 Å². The van der Waals surface area contributed by atoms with Gasteiger partial charge in [-0.15, -0.1) is 0 Å². The molecular weight excluding hydrogens is 310 g/mol. The van der Waals surface area contributed by atoms with Crippen LogP contribution in [0.15, 0.2) is 12.1 Å². The molecule has 1 aliphatic rings. The molecule has 1 N–H and O–H groups in total. The van der Waals surface area contributed by atoms with E-state index in [1.54, 1.807) is 33.2 Å². The summed E-state index contributed by atoms with van der Waals surface area (Å²) in [4.78, 5) is 1.80. The highest BCUT2D eigenvalue weighted by atomic mass is 32.2. The minimum absolute atomic E-state index is 0.482. The van der Waals surface area contributed by atoms with E-state index in [9.17, 15) is 5.11 Å². The van der Waals surface area contributed by atoms with Crippen LogP contribution in [0, 0.1) is 0 Å². The third kappa shape index (κ3) is 3.20. The third-order valence-corrected chi connectivity index (χ3v) is 5.07. The number of hydrogen-bond acceptors (Lipinski definition) is 6. The van der Waals surface area contributed by atoms with Crippen molar-refractivity contribution in [2.24, 2.45) is 0 Å². The molecule has 0 radical (unpaired) electrons. The maximum Gasteiger partial charge on any atom is 0.203 e. The van der Waals surface area contributed by atoms with Crippen LogP contribution in [-0.4, -0.2) is 47.1 Å². The highest BCUT2D eigenvalue weighted by Gasteiger charge is 2.38. The smallest absolute Gasteiger partial charge is 0.203 e. The molecular formula is C14H19NO4S2. The minimum atomic E-state index is -0.942. The van der Waals surface area contributed by atoms with Gasteiger partial charge in [0.25, 0.3) is 0 Å². The van der Waals surface area contributed by atoms with Crippen LogP contribution < -0.4 is 14.2 Å². The van der Waals surface area contributed by atoms with Gasteiger partial charge in [0.2, 0.25) is 5.75 Å². The van der Waals surface area contributed by atoms with Crippen LogP contribution >= 0.6 is 24.0 Å². The fourth-order valence-corrected chi connectivity index (χ4v) is 3.60. The van der Waals surface area contributed by atoms with Gasteiger partial charge in [-0.3, -0.25) is 0 Å². The topological polar surface area (TPSA) is 51.2 Å². The Morgan fingerprint density at radius 3 is 2.19 bits per heavy atom. The minimum Gasteiger partial charge on any atom is -0.493 e. The SMILES string of the molecule is COc1cc(CN2C(=S)SCC2(C)O)cc(OC)c1OC. The van der Waals surface area contributed by atoms with E-state index in [0.29, 0.717) is 33.9 Å². The Morgan fingerprint density at radius 1 is 1.24 bits per heavy atom. The lowest BCUT2D eigenvalue weighted by molar-refractivity contribution is -0.0271. The number of aliphatic hydroxyl groups is 1. The van der Waals surface area contributed by atoms with Crippen molar-refractivity contribution in [1.29, 1.82) is 0 Å². The van der Waals surface area contributed by atoms with Crippen LogP contribution in [0.5, 0.6) is 17.2 Å². The molecule has 0 aliphatic carbocycles. The van der Waals surface area contributed by atoms with E-state index >= 15 is 0 Å². The quantitative estimate of drug-likeness (QED) is 0.832. The second-order valence-corrected chi connectivity index (χ2v) is 6.50. The number of hydrogen-bond donors (Lipinski definition) is 1. The molecule has 0 bridgehead atoms. The summed E-state index contributed by atoms with van der Waals surface area (Å²) in [7, 11) is 4.72. The van der Waals surface area contributed by atoms with Gasteiger partial charge in [-0.25, -0.2) is 0 Å². The van der Waals surface area contributed by atoms with E-state index in [4.69, 9.17) is 26.4 Å². The van der Waals surface area contributed by atoms with Gasteiger partial charge < -0.3 is 24.2 Å². The predicted octanol–water partition coefficient (Wildman–Crippen LogP) is 2.25. The second kappa shape index (κ2) is 6.29. The second-order valence-electron chi connectivity index (χ2n) is 4.89. The van der Waals surface area contributed by atoms with Crippen molar-refractivity contribution in [1.82, 2.24) is 4.90 Å². The van der Waals surface area contributed by atoms with Crippen LogP contribution in [0.4, 0.5) is 0 Å². The Hall–Kier alpha value is -1.18. The first-order chi connectivity index (χ1) is 9.92. The summed E-state index contributed by atoms with van der Waals surface area (Å²) in [6.07, 6.45) is 0. The van der Waals surface area contributed by atoms with Crippen LogP contribution in [0.25, 0.3) is 0 Å². The summed E-state index contributed by atoms with van der Waals surface area (Å²) < 4.78 is 16.7. The van der Waals surface area contributed by atoms with Crippen molar-refractivity contribution in [2.45, 2.75) is 19.2 Å². The average Bonchev–Trinajstić information content (AvgIpc) is 2.73. The zero-order chi connectivity index (χ0) is 15.6. The molecule has 1 atom stereocenters. The van der Waals surface area contributed by atoms with Gasteiger partial charge in [0.1, 0.15) is 10.0 Å². The van der Waals surface area contributed by atoms with Crippen LogP contribution in [0.2, 0.25) is 0 Å². The number of thiocarbonyl (C=S) groups is 1. The van der Waals surface area contributed by atoms with E-state index in [2.05, 4.69) is 0 Å². The summed E-state index contributed by atoms with van der Waals surface area (Å²) >= 11 is 6.78. The Kier molecular flexibility index (Phi) is 4.85. The van der Waals surface area contributed by atoms with E-state index in [0.717, 1.165) is 5.56 Å². The fourth-order valence-electron chi connectivity index (χ4n) is 2.20. The Labute approximate surface area is 134 Å². The van der Waals surface area contributed by atoms with Crippen LogP contribution in [0.3, 0.4) is 0 Å². The molecule has 0 amide bonds. The molecule has 1 aliphatic heterocycles. The van der Waals surface area contributed by atoms with Crippen molar-refractivity contribution < 1.29 is 19.3 Å². The van der Waals surface area contributed by atoms with Crippen LogP contribution in [0.1, 0.15) is 12.5 Å². The molecule has 0 spiro atoms. The van der Waals surface area contributed by atoms with Crippen LogP contribution in [-0.2, 0) is 6.54 Å². The largest absolute Gasteiger partial charge is 0.493 e. The molecule has 0 saturated carbocycles. The van der Waals surface area contributed by atoms with Gasteiger partial charge in [0, 0.05) is 12.3 Å². The van der Waals surface area contributed by atoms with Crippen molar-refractivity contribution in [3.8, 4) is 17.2 Å². The normalized spacial score (nSPS) is 21.6. The first-order valence-electron chi connectivity index (χ1n) is 6.38. The molecule has 1 unspecified atom stereocenters. The van der Waals surface area contributed by atoms with Gasteiger partial charge in [0.05, 0.1) is 21.3 Å². The molecule has 5 nitrogen and oxygen atoms in total. The molecule has 1 aromatic rings. The fraction of sp³-hybridized carbons (Fsp3) is 0.500.